The van der Waals surface area contributed by atoms with E-state index in [1.807, 2.05) is 6.07 Å². The maximum absolute atomic E-state index is 12.2. The summed E-state index contributed by atoms with van der Waals surface area (Å²) in [5.74, 6) is -0.384. The molecule has 0 radical (unpaired) electrons. The van der Waals surface area contributed by atoms with Gasteiger partial charge in [-0.3, -0.25) is 4.79 Å². The number of alkyl carbamates (subject to hydrolysis) is 1. The summed E-state index contributed by atoms with van der Waals surface area (Å²) in [6.07, 6.45) is -0.539. The number of nitrogens with one attached hydrogen (secondary N) is 1. The molecule has 1 aromatic carbocycles. The quantitative estimate of drug-likeness (QED) is 0.655. The number of hydrogen-bond donors (Lipinski definition) is 1. The van der Waals surface area contributed by atoms with E-state index in [-0.39, 0.29) is 19.1 Å². The number of carbonyl (C=O) groups excluding carboxylic acids is 2. The van der Waals surface area contributed by atoms with Crippen molar-refractivity contribution in [3.63, 3.8) is 0 Å². The summed E-state index contributed by atoms with van der Waals surface area (Å²) >= 11 is 5.96. The molecule has 6 heteroatoms. The molecule has 0 unspecified atom stereocenters. The van der Waals surface area contributed by atoms with Gasteiger partial charge in [0.1, 0.15) is 12.2 Å². The van der Waals surface area contributed by atoms with E-state index in [1.54, 1.807) is 52.8 Å². The summed E-state index contributed by atoms with van der Waals surface area (Å²) in [6.45, 7) is 9.12. The van der Waals surface area contributed by atoms with E-state index in [0.717, 1.165) is 5.56 Å². The van der Waals surface area contributed by atoms with Crippen molar-refractivity contribution in [2.75, 3.05) is 13.2 Å². The topological polar surface area (TPSA) is 64.6 Å². The summed E-state index contributed by atoms with van der Waals surface area (Å²) in [6, 6.07) is 7.10. The van der Waals surface area contributed by atoms with Gasteiger partial charge in [-0.25, -0.2) is 4.79 Å². The van der Waals surface area contributed by atoms with Crippen molar-refractivity contribution in [3.8, 4) is 0 Å². The van der Waals surface area contributed by atoms with Gasteiger partial charge in [0, 0.05) is 5.02 Å². The molecule has 128 valence electrons. The van der Waals surface area contributed by atoms with Crippen LogP contribution in [-0.2, 0) is 19.7 Å². The van der Waals surface area contributed by atoms with Gasteiger partial charge in [-0.15, -0.1) is 0 Å². The van der Waals surface area contributed by atoms with Crippen molar-refractivity contribution < 1.29 is 19.1 Å². The van der Waals surface area contributed by atoms with Gasteiger partial charge >= 0.3 is 12.1 Å². The lowest BCUT2D eigenvalue weighted by Gasteiger charge is -2.23. The Kier molecular flexibility index (Phi) is 6.45. The Bertz CT molecular complexity index is 564. The van der Waals surface area contributed by atoms with E-state index in [9.17, 15) is 9.59 Å². The fourth-order valence-corrected chi connectivity index (χ4v) is 1.98. The molecule has 0 heterocycles. The van der Waals surface area contributed by atoms with Crippen LogP contribution in [0.25, 0.3) is 0 Å². The first-order valence-electron chi connectivity index (χ1n) is 7.42. The third-order valence-electron chi connectivity index (χ3n) is 3.06. The highest BCUT2D eigenvalue weighted by Crippen LogP contribution is 2.26. The second kappa shape index (κ2) is 7.68. The van der Waals surface area contributed by atoms with E-state index in [4.69, 9.17) is 21.1 Å². The second-order valence-corrected chi connectivity index (χ2v) is 7.14. The Balaban J connectivity index is 2.46. The average Bonchev–Trinajstić information content (AvgIpc) is 2.41. The summed E-state index contributed by atoms with van der Waals surface area (Å²) in [5, 5.41) is 3.10. The van der Waals surface area contributed by atoms with Crippen LogP contribution in [0.15, 0.2) is 24.3 Å². The summed E-state index contributed by atoms with van der Waals surface area (Å²) in [4.78, 5) is 23.7. The Morgan fingerprint density at radius 3 is 2.39 bits per heavy atom. The minimum absolute atomic E-state index is 0.0715. The number of ether oxygens (including phenoxy) is 2. The maximum atomic E-state index is 12.2. The van der Waals surface area contributed by atoms with E-state index in [1.165, 1.54) is 0 Å². The van der Waals surface area contributed by atoms with Crippen molar-refractivity contribution in [1.29, 1.82) is 0 Å². The Morgan fingerprint density at radius 1 is 1.17 bits per heavy atom. The summed E-state index contributed by atoms with van der Waals surface area (Å²) in [7, 11) is 0. The van der Waals surface area contributed by atoms with Crippen LogP contribution in [0, 0.1) is 0 Å². The number of esters is 1. The number of carbonyl (C=O) groups is 2. The summed E-state index contributed by atoms with van der Waals surface area (Å²) in [5.41, 5.74) is -0.610. The molecular formula is C17H24ClNO4. The molecule has 1 aromatic rings. The molecular weight excluding hydrogens is 318 g/mol. The third-order valence-corrected chi connectivity index (χ3v) is 3.30. The minimum Gasteiger partial charge on any atom is -0.463 e. The molecule has 0 saturated heterocycles. The van der Waals surface area contributed by atoms with Crippen LogP contribution in [0.2, 0.25) is 5.02 Å². The molecule has 0 aliphatic rings. The Morgan fingerprint density at radius 2 is 1.83 bits per heavy atom. The largest absolute Gasteiger partial charge is 0.463 e. The monoisotopic (exact) mass is 341 g/mol. The van der Waals surface area contributed by atoms with Crippen molar-refractivity contribution in [2.45, 2.75) is 45.6 Å². The lowest BCUT2D eigenvalue weighted by atomic mass is 9.85. The molecule has 0 bridgehead atoms. The van der Waals surface area contributed by atoms with Gasteiger partial charge in [0.05, 0.1) is 12.0 Å². The first-order valence-corrected chi connectivity index (χ1v) is 7.80. The maximum Gasteiger partial charge on any atom is 0.407 e. The van der Waals surface area contributed by atoms with Crippen LogP contribution in [0.4, 0.5) is 4.79 Å². The van der Waals surface area contributed by atoms with Crippen LogP contribution >= 0.6 is 11.6 Å². The van der Waals surface area contributed by atoms with Crippen molar-refractivity contribution >= 4 is 23.7 Å². The molecule has 1 rings (SSSR count). The third kappa shape index (κ3) is 6.48. The normalized spacial score (nSPS) is 11.7. The van der Waals surface area contributed by atoms with Gasteiger partial charge in [0.25, 0.3) is 0 Å². The van der Waals surface area contributed by atoms with Crippen molar-refractivity contribution in [2.24, 2.45) is 0 Å². The molecule has 1 N–H and O–H groups in total. The van der Waals surface area contributed by atoms with Crippen molar-refractivity contribution in [1.82, 2.24) is 5.32 Å². The zero-order valence-corrected chi connectivity index (χ0v) is 15.0. The fourth-order valence-electron chi connectivity index (χ4n) is 1.79. The van der Waals surface area contributed by atoms with Crippen molar-refractivity contribution in [3.05, 3.63) is 34.9 Å². The highest BCUT2D eigenvalue weighted by Gasteiger charge is 2.31. The molecule has 1 amide bonds. The van der Waals surface area contributed by atoms with Gasteiger partial charge < -0.3 is 14.8 Å². The highest BCUT2D eigenvalue weighted by molar-refractivity contribution is 6.30. The van der Waals surface area contributed by atoms with Crippen LogP contribution < -0.4 is 5.32 Å². The fraction of sp³-hybridized carbons (Fsp3) is 0.529. The molecule has 0 aliphatic heterocycles. The number of benzene rings is 1. The number of halogens is 1. The molecule has 0 fully saturated rings. The second-order valence-electron chi connectivity index (χ2n) is 6.70. The van der Waals surface area contributed by atoms with E-state index in [2.05, 4.69) is 5.32 Å². The van der Waals surface area contributed by atoms with E-state index >= 15 is 0 Å². The molecule has 0 atom stereocenters. The smallest absolute Gasteiger partial charge is 0.407 e. The predicted molar refractivity (Wildman–Crippen MR) is 89.7 cm³/mol. The van der Waals surface area contributed by atoms with E-state index < -0.39 is 17.1 Å². The van der Waals surface area contributed by atoms with Crippen LogP contribution in [0.3, 0.4) is 0 Å². The predicted octanol–water partition coefficient (Wildman–Crippen LogP) is 3.69. The SMILES string of the molecule is CC(C)(C)OC(=O)NCCOC(=O)C(C)(C)c1cccc(Cl)c1. The first-order chi connectivity index (χ1) is 10.5. The minimum atomic E-state index is -0.823. The lowest BCUT2D eigenvalue weighted by Crippen LogP contribution is -2.36. The molecule has 23 heavy (non-hydrogen) atoms. The van der Waals surface area contributed by atoms with Gasteiger partial charge in [-0.1, -0.05) is 23.7 Å². The zero-order valence-electron chi connectivity index (χ0n) is 14.2. The molecule has 0 saturated carbocycles. The average molecular weight is 342 g/mol. The van der Waals surface area contributed by atoms with E-state index in [0.29, 0.717) is 5.02 Å². The highest BCUT2D eigenvalue weighted by atomic mass is 35.5. The molecule has 0 aliphatic carbocycles. The number of amides is 1. The molecule has 5 nitrogen and oxygen atoms in total. The number of rotatable bonds is 5. The van der Waals surface area contributed by atoms with Gasteiger partial charge in [-0.2, -0.15) is 0 Å². The zero-order chi connectivity index (χ0) is 17.7. The first kappa shape index (κ1) is 19.3. The number of hydrogen-bond acceptors (Lipinski definition) is 4. The van der Waals surface area contributed by atoms with Crippen LogP contribution in [0.5, 0.6) is 0 Å². The van der Waals surface area contributed by atoms with Gasteiger partial charge in [0.15, 0.2) is 0 Å². The van der Waals surface area contributed by atoms with Gasteiger partial charge in [0.2, 0.25) is 0 Å². The molecule has 0 spiro atoms. The van der Waals surface area contributed by atoms with Crippen LogP contribution in [0.1, 0.15) is 40.2 Å². The Hall–Kier alpha value is -1.75. The standard InChI is InChI=1S/C17H24ClNO4/c1-16(2,3)23-15(21)19-9-10-22-14(20)17(4,5)12-7-6-8-13(18)11-12/h6-8,11H,9-10H2,1-5H3,(H,19,21). The van der Waals surface area contributed by atoms with Gasteiger partial charge in [-0.05, 0) is 52.3 Å². The van der Waals surface area contributed by atoms with Crippen LogP contribution in [-0.4, -0.2) is 30.8 Å². The lowest BCUT2D eigenvalue weighted by molar-refractivity contribution is -0.149. The summed E-state index contributed by atoms with van der Waals surface area (Å²) < 4.78 is 10.3. The Labute approximate surface area is 142 Å². The molecule has 0 aromatic heterocycles.